The van der Waals surface area contributed by atoms with Gasteiger partial charge < -0.3 is 10.2 Å². The molecule has 0 radical (unpaired) electrons. The maximum absolute atomic E-state index is 14.8. The van der Waals surface area contributed by atoms with Gasteiger partial charge in [-0.3, -0.25) is 24.5 Å². The number of halogens is 3. The number of nitrogens with one attached hydrogen (secondary N) is 2. The van der Waals surface area contributed by atoms with Gasteiger partial charge in [-0.2, -0.15) is 8.78 Å². The number of imide groups is 1. The number of alkyl halides is 2. The molecule has 1 fully saturated rings. The highest BCUT2D eigenvalue weighted by atomic mass is 35.5. The van der Waals surface area contributed by atoms with Gasteiger partial charge in [-0.05, 0) is 35.7 Å². The summed E-state index contributed by atoms with van der Waals surface area (Å²) >= 11 is 5.68. The molecule has 32 heavy (non-hydrogen) atoms. The van der Waals surface area contributed by atoms with Crippen LogP contribution >= 0.6 is 11.6 Å². The summed E-state index contributed by atoms with van der Waals surface area (Å²) in [4.78, 5) is 50.3. The van der Waals surface area contributed by atoms with Gasteiger partial charge in [0.25, 0.3) is 11.8 Å². The number of benzene rings is 2. The molecule has 0 saturated carbocycles. The van der Waals surface area contributed by atoms with E-state index in [9.17, 15) is 28.0 Å². The molecule has 2 aliphatic heterocycles. The molecule has 2 N–H and O–H groups in total. The van der Waals surface area contributed by atoms with Crippen molar-refractivity contribution in [3.05, 3.63) is 69.7 Å². The number of fused-ring (bicyclic) bond motifs is 1. The normalized spacial score (nSPS) is 28.5. The van der Waals surface area contributed by atoms with Gasteiger partial charge in [0.2, 0.25) is 11.8 Å². The van der Waals surface area contributed by atoms with Crippen molar-refractivity contribution >= 4 is 35.2 Å². The monoisotopic (exact) mass is 467 g/mol. The van der Waals surface area contributed by atoms with Gasteiger partial charge in [0.15, 0.2) is 1.41 Å². The molecule has 0 bridgehead atoms. The number of rotatable bonds is 5. The molecule has 4 rings (SSSR count). The average Bonchev–Trinajstić information content (AvgIpc) is 3.21. The van der Waals surface area contributed by atoms with E-state index in [-0.39, 0.29) is 16.1 Å². The quantitative estimate of drug-likeness (QED) is 0.660. The fourth-order valence-electron chi connectivity index (χ4n) is 3.21. The first-order chi connectivity index (χ1) is 17.5. The minimum atomic E-state index is -4.28. The highest BCUT2D eigenvalue weighted by Gasteiger charge is 2.41. The lowest BCUT2D eigenvalue weighted by Gasteiger charge is -2.29. The van der Waals surface area contributed by atoms with Crippen LogP contribution in [0.4, 0.5) is 8.78 Å². The Bertz CT molecular complexity index is 1370. The van der Waals surface area contributed by atoms with Crippen LogP contribution in [0.3, 0.4) is 0 Å². The molecule has 3 atom stereocenters. The molecule has 2 aromatic carbocycles. The minimum Gasteiger partial charge on any atom is -0.346 e. The second-order valence-corrected chi connectivity index (χ2v) is 7.35. The largest absolute Gasteiger partial charge is 0.349 e. The summed E-state index contributed by atoms with van der Waals surface area (Å²) < 4.78 is 78.3. The lowest BCUT2D eigenvalue weighted by Crippen LogP contribution is -2.52. The van der Waals surface area contributed by atoms with E-state index in [2.05, 4.69) is 0 Å². The Kier molecular flexibility index (Phi) is 4.02. The van der Waals surface area contributed by atoms with E-state index in [0.717, 1.165) is 42.5 Å². The molecule has 2 aliphatic rings. The number of hydrogen-bond acceptors (Lipinski definition) is 4. The van der Waals surface area contributed by atoms with Crippen molar-refractivity contribution in [2.24, 2.45) is 0 Å². The van der Waals surface area contributed by atoms with Crippen molar-refractivity contribution in [1.82, 2.24) is 15.5 Å². The van der Waals surface area contributed by atoms with E-state index in [1.165, 1.54) is 0 Å². The summed E-state index contributed by atoms with van der Waals surface area (Å²) in [5, 5.41) is 1.40. The summed E-state index contributed by atoms with van der Waals surface area (Å²) in [6.45, 7) is -3.63. The zero-order chi connectivity index (χ0) is 28.4. The predicted octanol–water partition coefficient (Wildman–Crippen LogP) is 2.51. The van der Waals surface area contributed by atoms with Crippen LogP contribution in [-0.2, 0) is 33.3 Å². The van der Waals surface area contributed by atoms with Crippen molar-refractivity contribution in [1.29, 1.82) is 0 Å². The molecule has 2 heterocycles. The molecule has 4 amide bonds. The number of piperidine rings is 1. The summed E-state index contributed by atoms with van der Waals surface area (Å²) in [6, 6.07) is 4.38. The maximum atomic E-state index is 14.8. The van der Waals surface area contributed by atoms with E-state index in [0.29, 0.717) is 4.90 Å². The minimum absolute atomic E-state index is 0.0201. The third-order valence-corrected chi connectivity index (χ3v) is 5.08. The Morgan fingerprint density at radius 1 is 1.31 bits per heavy atom. The Morgan fingerprint density at radius 3 is 2.75 bits per heavy atom. The first-order valence-corrected chi connectivity index (χ1v) is 9.55. The van der Waals surface area contributed by atoms with Gasteiger partial charge in [-0.25, -0.2) is 0 Å². The Morgan fingerprint density at radius 2 is 2.03 bits per heavy atom. The van der Waals surface area contributed by atoms with Crippen molar-refractivity contribution in [3.8, 4) is 0 Å². The lowest BCUT2D eigenvalue weighted by atomic mass is 10.0. The van der Waals surface area contributed by atoms with Gasteiger partial charge in [0.05, 0.1) is 4.11 Å². The Hall–Kier alpha value is -3.33. The molecule has 0 aromatic heterocycles. The molecule has 2 aromatic rings. The van der Waals surface area contributed by atoms with Crippen LogP contribution in [0.2, 0.25) is 6.43 Å². The molecule has 7 nitrogen and oxygen atoms in total. The zero-order valence-electron chi connectivity index (χ0n) is 22.1. The smallest absolute Gasteiger partial charge is 0.346 e. The number of carbonyl (C=O) groups excluding carboxylic acids is 4. The van der Waals surface area contributed by atoms with Crippen molar-refractivity contribution in [2.45, 2.75) is 37.8 Å². The number of hydrogen-bond donors (Lipinski definition) is 2. The van der Waals surface area contributed by atoms with Gasteiger partial charge in [0.1, 0.15) is 6.02 Å². The van der Waals surface area contributed by atoms with Crippen molar-refractivity contribution in [3.63, 3.8) is 0 Å². The number of carbonyl (C=O) groups is 4. The van der Waals surface area contributed by atoms with Crippen LogP contribution < -0.4 is 10.6 Å². The second kappa shape index (κ2) is 8.31. The maximum Gasteiger partial charge on any atom is 0.349 e. The molecule has 0 aliphatic carbocycles. The summed E-state index contributed by atoms with van der Waals surface area (Å²) in [6.07, 6.45) is -3.79. The van der Waals surface area contributed by atoms with Gasteiger partial charge in [-0.15, -0.1) is 0 Å². The average molecular weight is 468 g/mol. The standard InChI is InChI=1S/C22H18ClF2N3O4/c23-15-4-2-14(3-5-15)22(24,25)21(32)26-10-12-1-6-16-13(9-12)11-28(20(16)31)17-7-8-18(29)27-19(17)30/h1-6,9,17H,7-8,10-11H2,(H,26,32)(H,27,29,30)/t17-/m1/s1/i7D,8D,10D2,17D/hD/t7?,8?,17-. The van der Waals surface area contributed by atoms with E-state index in [1.807, 2.05) is 0 Å². The molecule has 166 valence electrons. The highest BCUT2D eigenvalue weighted by Crippen LogP contribution is 2.30. The summed E-state index contributed by atoms with van der Waals surface area (Å²) in [5.74, 6) is -9.73. The van der Waals surface area contributed by atoms with E-state index in [1.54, 1.807) is 5.32 Å². The van der Waals surface area contributed by atoms with Crippen LogP contribution in [0.25, 0.3) is 0 Å². The highest BCUT2D eigenvalue weighted by molar-refractivity contribution is 6.30. The SMILES string of the molecule is [2H]C1C(=O)NC(=O)[C@]([2H])(N2Cc3cc(C([2H])([2H])N([2H])C(=O)C(F)(F)c4ccc(Cl)cc4)ccc3C2=O)C1[2H]. The molecular formula is C22H18ClF2N3O4. The third kappa shape index (κ3) is 4.08. The Balaban J connectivity index is 1.63. The molecule has 10 heteroatoms. The van der Waals surface area contributed by atoms with Crippen molar-refractivity contribution < 1.29 is 36.2 Å². The molecule has 0 spiro atoms. The van der Waals surface area contributed by atoms with Crippen LogP contribution in [0, 0.1) is 0 Å². The van der Waals surface area contributed by atoms with Crippen LogP contribution in [0.1, 0.15) is 46.7 Å². The van der Waals surface area contributed by atoms with E-state index >= 15 is 0 Å². The first kappa shape index (κ1) is 15.5. The Labute approximate surface area is 195 Å². The third-order valence-electron chi connectivity index (χ3n) is 4.82. The summed E-state index contributed by atoms with van der Waals surface area (Å²) in [7, 11) is 0. The van der Waals surface area contributed by atoms with Gasteiger partial charge in [-0.1, -0.05) is 35.9 Å². The molecular weight excluding hydrogens is 444 g/mol. The second-order valence-electron chi connectivity index (χ2n) is 6.91. The summed E-state index contributed by atoms with van der Waals surface area (Å²) in [5.41, 5.74) is -1.35. The zero-order valence-corrected chi connectivity index (χ0v) is 16.8. The molecule has 2 unspecified atom stereocenters. The fourth-order valence-corrected chi connectivity index (χ4v) is 3.34. The fraction of sp³-hybridized carbons (Fsp3) is 0.273. The van der Waals surface area contributed by atoms with Gasteiger partial charge >= 0.3 is 5.92 Å². The van der Waals surface area contributed by atoms with Gasteiger partial charge in [0, 0.05) is 38.3 Å². The van der Waals surface area contributed by atoms with Crippen LogP contribution in [0.15, 0.2) is 42.5 Å². The first-order valence-electron chi connectivity index (χ1n) is 12.3. The van der Waals surface area contributed by atoms with E-state index in [4.69, 9.17) is 19.9 Å². The predicted molar refractivity (Wildman–Crippen MR) is 110 cm³/mol. The molecule has 1 saturated heterocycles. The van der Waals surface area contributed by atoms with E-state index < -0.39 is 77.8 Å². The van der Waals surface area contributed by atoms with Crippen molar-refractivity contribution in [2.75, 3.05) is 0 Å². The number of amides is 4. The van der Waals surface area contributed by atoms with Crippen LogP contribution in [0.5, 0.6) is 0 Å². The lowest BCUT2D eigenvalue weighted by molar-refractivity contribution is -0.147. The number of nitrogens with zero attached hydrogens (tertiary/aromatic N) is 1. The topological polar surface area (TPSA) is 95.6 Å². The van der Waals surface area contributed by atoms with Crippen LogP contribution in [-0.4, -0.2) is 34.5 Å².